The van der Waals surface area contributed by atoms with Crippen LogP contribution in [0.5, 0.6) is 5.88 Å². The standard InChI is InChI=1S/C23H30N6O2/c1-16(2)31-23-18-12-17(4-5-20(18)24-15-25-23)29-9-7-28(8-10-29)14-22-19-13-26-27(3)21(19)6-11-30-22/h4-5,12-13,15-16,22H,6-11,14H2,1-3H3. The molecule has 2 aromatic heterocycles. The lowest BCUT2D eigenvalue weighted by Crippen LogP contribution is -2.48. The number of benzene rings is 1. The highest BCUT2D eigenvalue weighted by Crippen LogP contribution is 2.30. The van der Waals surface area contributed by atoms with Gasteiger partial charge in [0.05, 0.1) is 35.9 Å². The smallest absolute Gasteiger partial charge is 0.224 e. The van der Waals surface area contributed by atoms with E-state index in [4.69, 9.17) is 9.47 Å². The van der Waals surface area contributed by atoms with Crippen molar-refractivity contribution in [2.75, 3.05) is 44.2 Å². The van der Waals surface area contributed by atoms with Gasteiger partial charge in [0.25, 0.3) is 0 Å². The molecule has 0 saturated carbocycles. The van der Waals surface area contributed by atoms with Crippen molar-refractivity contribution in [3.05, 3.63) is 42.0 Å². The summed E-state index contributed by atoms with van der Waals surface area (Å²) in [5.74, 6) is 0.655. The minimum Gasteiger partial charge on any atom is -0.474 e. The lowest BCUT2D eigenvalue weighted by molar-refractivity contribution is 0.0139. The Bertz CT molecular complexity index is 1060. The lowest BCUT2D eigenvalue weighted by atomic mass is 10.0. The molecule has 1 aromatic carbocycles. The van der Waals surface area contributed by atoms with E-state index in [9.17, 15) is 0 Å². The maximum absolute atomic E-state index is 6.09. The topological polar surface area (TPSA) is 68.5 Å². The van der Waals surface area contributed by atoms with Crippen molar-refractivity contribution in [1.82, 2.24) is 24.6 Å². The van der Waals surface area contributed by atoms with Gasteiger partial charge in [0, 0.05) is 63.1 Å². The molecule has 8 heteroatoms. The number of nitrogens with zero attached hydrogens (tertiary/aromatic N) is 6. The van der Waals surface area contributed by atoms with Crippen LogP contribution in [0.25, 0.3) is 10.9 Å². The molecule has 164 valence electrons. The van der Waals surface area contributed by atoms with Gasteiger partial charge in [-0.1, -0.05) is 0 Å². The first-order valence-corrected chi connectivity index (χ1v) is 11.1. The van der Waals surface area contributed by atoms with E-state index in [0.29, 0.717) is 5.88 Å². The molecule has 2 aliphatic heterocycles. The highest BCUT2D eigenvalue weighted by atomic mass is 16.5. The third-order valence-electron chi connectivity index (χ3n) is 6.19. The fourth-order valence-corrected chi connectivity index (χ4v) is 4.55. The second-order valence-corrected chi connectivity index (χ2v) is 8.61. The van der Waals surface area contributed by atoms with Gasteiger partial charge < -0.3 is 14.4 Å². The Labute approximate surface area is 182 Å². The third-order valence-corrected chi connectivity index (χ3v) is 6.19. The number of aryl methyl sites for hydroxylation is 1. The van der Waals surface area contributed by atoms with Crippen LogP contribution in [-0.2, 0) is 18.2 Å². The highest BCUT2D eigenvalue weighted by molar-refractivity contribution is 5.86. The molecule has 0 N–H and O–H groups in total. The number of piperazine rings is 1. The number of ether oxygens (including phenoxy) is 2. The molecule has 1 saturated heterocycles. The number of aromatic nitrogens is 4. The van der Waals surface area contributed by atoms with Crippen molar-refractivity contribution in [3.8, 4) is 5.88 Å². The number of fused-ring (bicyclic) bond motifs is 2. The molecule has 0 radical (unpaired) electrons. The Kier molecular flexibility index (Phi) is 5.50. The van der Waals surface area contributed by atoms with Crippen molar-refractivity contribution in [3.63, 3.8) is 0 Å². The zero-order chi connectivity index (χ0) is 21.4. The molecule has 0 bridgehead atoms. The van der Waals surface area contributed by atoms with Gasteiger partial charge in [0.2, 0.25) is 5.88 Å². The molecule has 1 atom stereocenters. The van der Waals surface area contributed by atoms with Crippen LogP contribution in [0.3, 0.4) is 0 Å². The summed E-state index contributed by atoms with van der Waals surface area (Å²) in [6.45, 7) is 9.70. The molecule has 0 spiro atoms. The summed E-state index contributed by atoms with van der Waals surface area (Å²) in [6, 6.07) is 6.37. The monoisotopic (exact) mass is 422 g/mol. The highest BCUT2D eigenvalue weighted by Gasteiger charge is 2.27. The molecule has 5 rings (SSSR count). The van der Waals surface area contributed by atoms with Gasteiger partial charge in [-0.25, -0.2) is 9.97 Å². The Morgan fingerprint density at radius 3 is 2.81 bits per heavy atom. The molecule has 31 heavy (non-hydrogen) atoms. The van der Waals surface area contributed by atoms with Crippen LogP contribution in [0, 0.1) is 0 Å². The van der Waals surface area contributed by atoms with Crippen LogP contribution < -0.4 is 9.64 Å². The molecule has 0 aliphatic carbocycles. The Hall–Kier alpha value is -2.71. The van der Waals surface area contributed by atoms with Crippen LogP contribution in [0.2, 0.25) is 0 Å². The van der Waals surface area contributed by atoms with Crippen LogP contribution in [0.15, 0.2) is 30.7 Å². The van der Waals surface area contributed by atoms with E-state index in [1.54, 1.807) is 6.33 Å². The number of hydrogen-bond donors (Lipinski definition) is 0. The van der Waals surface area contributed by atoms with Gasteiger partial charge in [-0.15, -0.1) is 0 Å². The predicted octanol–water partition coefficient (Wildman–Crippen LogP) is 2.59. The number of hydrogen-bond acceptors (Lipinski definition) is 7. The van der Waals surface area contributed by atoms with Gasteiger partial charge in [0.15, 0.2) is 0 Å². The van der Waals surface area contributed by atoms with E-state index in [1.165, 1.54) is 16.9 Å². The van der Waals surface area contributed by atoms with Gasteiger partial charge in [-0.2, -0.15) is 5.10 Å². The average molecular weight is 423 g/mol. The fraction of sp³-hybridized carbons (Fsp3) is 0.522. The maximum Gasteiger partial charge on any atom is 0.224 e. The van der Waals surface area contributed by atoms with Crippen molar-refractivity contribution in [1.29, 1.82) is 0 Å². The third kappa shape index (κ3) is 4.09. The van der Waals surface area contributed by atoms with E-state index >= 15 is 0 Å². The van der Waals surface area contributed by atoms with Crippen LogP contribution in [0.4, 0.5) is 5.69 Å². The molecule has 1 unspecified atom stereocenters. The van der Waals surface area contributed by atoms with E-state index in [0.717, 1.165) is 56.7 Å². The Morgan fingerprint density at radius 2 is 2.00 bits per heavy atom. The quantitative estimate of drug-likeness (QED) is 0.626. The second kappa shape index (κ2) is 8.43. The summed E-state index contributed by atoms with van der Waals surface area (Å²) >= 11 is 0. The molecule has 2 aliphatic rings. The number of anilines is 1. The molecular weight excluding hydrogens is 392 g/mol. The zero-order valence-corrected chi connectivity index (χ0v) is 18.5. The lowest BCUT2D eigenvalue weighted by Gasteiger charge is -2.38. The van der Waals surface area contributed by atoms with E-state index in [1.807, 2.05) is 31.8 Å². The van der Waals surface area contributed by atoms with Crippen molar-refractivity contribution >= 4 is 16.6 Å². The van der Waals surface area contributed by atoms with Crippen LogP contribution in [-0.4, -0.2) is 70.1 Å². The minimum atomic E-state index is 0.0765. The molecule has 0 amide bonds. The zero-order valence-electron chi connectivity index (χ0n) is 18.5. The summed E-state index contributed by atoms with van der Waals surface area (Å²) in [5, 5.41) is 5.40. The normalized spacial score (nSPS) is 19.7. The first kappa shape index (κ1) is 20.2. The SMILES string of the molecule is CC(C)Oc1ncnc2ccc(N3CCN(CC4OCCc5c4cnn5C)CC3)cc12. The van der Waals surface area contributed by atoms with Gasteiger partial charge in [0.1, 0.15) is 6.33 Å². The van der Waals surface area contributed by atoms with E-state index in [2.05, 4.69) is 43.1 Å². The summed E-state index contributed by atoms with van der Waals surface area (Å²) in [7, 11) is 2.02. The molecule has 3 aromatic rings. The van der Waals surface area contributed by atoms with E-state index < -0.39 is 0 Å². The summed E-state index contributed by atoms with van der Waals surface area (Å²) in [6.07, 6.45) is 4.69. The second-order valence-electron chi connectivity index (χ2n) is 8.61. The summed E-state index contributed by atoms with van der Waals surface area (Å²) in [5.41, 5.74) is 4.67. The van der Waals surface area contributed by atoms with Crippen molar-refractivity contribution in [2.24, 2.45) is 7.05 Å². The molecular formula is C23H30N6O2. The average Bonchev–Trinajstić information content (AvgIpc) is 3.16. The first-order chi connectivity index (χ1) is 15.1. The van der Waals surface area contributed by atoms with Gasteiger partial charge in [-0.3, -0.25) is 9.58 Å². The first-order valence-electron chi connectivity index (χ1n) is 11.1. The predicted molar refractivity (Wildman–Crippen MR) is 120 cm³/mol. The van der Waals surface area contributed by atoms with Crippen molar-refractivity contribution < 1.29 is 9.47 Å². The Morgan fingerprint density at radius 1 is 1.16 bits per heavy atom. The van der Waals surface area contributed by atoms with E-state index in [-0.39, 0.29) is 12.2 Å². The van der Waals surface area contributed by atoms with Gasteiger partial charge >= 0.3 is 0 Å². The summed E-state index contributed by atoms with van der Waals surface area (Å²) in [4.78, 5) is 13.7. The van der Waals surface area contributed by atoms with Gasteiger partial charge in [-0.05, 0) is 32.0 Å². The maximum atomic E-state index is 6.09. The van der Waals surface area contributed by atoms with Crippen molar-refractivity contribution in [2.45, 2.75) is 32.5 Å². The van der Waals surface area contributed by atoms with Crippen LogP contribution >= 0.6 is 0 Å². The molecule has 8 nitrogen and oxygen atoms in total. The Balaban J connectivity index is 1.26. The molecule has 4 heterocycles. The summed E-state index contributed by atoms with van der Waals surface area (Å²) < 4.78 is 14.0. The fourth-order valence-electron chi connectivity index (χ4n) is 4.55. The molecule has 1 fully saturated rings. The largest absolute Gasteiger partial charge is 0.474 e. The number of rotatable bonds is 5. The minimum absolute atomic E-state index is 0.0765. The van der Waals surface area contributed by atoms with Crippen LogP contribution in [0.1, 0.15) is 31.2 Å².